The van der Waals surface area contributed by atoms with E-state index in [1.807, 2.05) is 18.2 Å². The van der Waals surface area contributed by atoms with E-state index in [2.05, 4.69) is 10.6 Å². The Morgan fingerprint density at radius 2 is 1.95 bits per heavy atom. The number of carbonyl (C=O) groups is 2. The summed E-state index contributed by atoms with van der Waals surface area (Å²) < 4.78 is 10.8. The van der Waals surface area contributed by atoms with Crippen molar-refractivity contribution in [1.82, 2.24) is 10.6 Å². The maximum Gasteiger partial charge on any atom is 0.326 e. The summed E-state index contributed by atoms with van der Waals surface area (Å²) in [6.07, 6.45) is 1.75. The first-order valence-electron chi connectivity index (χ1n) is 6.10. The van der Waals surface area contributed by atoms with E-state index in [0.29, 0.717) is 5.75 Å². The fourth-order valence-corrected chi connectivity index (χ4v) is 1.96. The predicted octanol–water partition coefficient (Wildman–Crippen LogP) is 0.360. The van der Waals surface area contributed by atoms with Crippen LogP contribution >= 0.6 is 0 Å². The third-order valence-electron chi connectivity index (χ3n) is 2.56. The van der Waals surface area contributed by atoms with Gasteiger partial charge in [0.25, 0.3) is 0 Å². The first kappa shape index (κ1) is 16.2. The van der Waals surface area contributed by atoms with Gasteiger partial charge in [0.05, 0.1) is 0 Å². The van der Waals surface area contributed by atoms with Crippen molar-refractivity contribution < 1.29 is 18.9 Å². The molecule has 0 fully saturated rings. The minimum absolute atomic E-state index is 0.212. The zero-order valence-corrected chi connectivity index (χ0v) is 12.0. The second-order valence-corrected chi connectivity index (χ2v) is 5.81. The molecule has 0 heterocycles. The van der Waals surface area contributed by atoms with Gasteiger partial charge in [-0.1, -0.05) is 30.3 Å². The van der Waals surface area contributed by atoms with Crippen LogP contribution in [0.15, 0.2) is 30.3 Å². The summed E-state index contributed by atoms with van der Waals surface area (Å²) >= 11 is 0. The molecule has 1 rings (SSSR count). The van der Waals surface area contributed by atoms with Crippen molar-refractivity contribution in [2.24, 2.45) is 0 Å². The van der Waals surface area contributed by atoms with E-state index < -0.39 is 28.8 Å². The van der Waals surface area contributed by atoms with E-state index in [1.54, 1.807) is 12.1 Å². The van der Waals surface area contributed by atoms with Crippen molar-refractivity contribution in [3.63, 3.8) is 0 Å². The van der Waals surface area contributed by atoms with Crippen molar-refractivity contribution in [2.75, 3.05) is 18.6 Å². The summed E-state index contributed by atoms with van der Waals surface area (Å²) in [5.74, 6) is -0.757. The van der Waals surface area contributed by atoms with Gasteiger partial charge >= 0.3 is 12.0 Å². The molecule has 0 radical (unpaired) electrons. The maximum absolute atomic E-state index is 11.5. The molecule has 1 aromatic rings. The Kier molecular flexibility index (Phi) is 6.72. The molecule has 3 N–H and O–H groups in total. The van der Waals surface area contributed by atoms with Crippen LogP contribution in [0.2, 0.25) is 0 Å². The number of urea groups is 1. The molecule has 2 amide bonds. The maximum atomic E-state index is 11.5. The summed E-state index contributed by atoms with van der Waals surface area (Å²) in [4.78, 5) is 22.7. The van der Waals surface area contributed by atoms with Gasteiger partial charge in [0.1, 0.15) is 6.04 Å². The van der Waals surface area contributed by atoms with Crippen molar-refractivity contribution >= 4 is 22.8 Å². The Labute approximate surface area is 120 Å². The highest BCUT2D eigenvalue weighted by molar-refractivity contribution is 7.84. The van der Waals surface area contributed by atoms with E-state index in [-0.39, 0.29) is 13.0 Å². The first-order valence-corrected chi connectivity index (χ1v) is 7.83. The van der Waals surface area contributed by atoms with Gasteiger partial charge in [0, 0.05) is 35.8 Å². The summed E-state index contributed by atoms with van der Waals surface area (Å²) in [7, 11) is -0.994. The van der Waals surface area contributed by atoms with Crippen LogP contribution in [-0.4, -0.2) is 45.9 Å². The lowest BCUT2D eigenvalue weighted by Crippen LogP contribution is -2.47. The zero-order chi connectivity index (χ0) is 15.0. The quantitative estimate of drug-likeness (QED) is 0.677. The van der Waals surface area contributed by atoms with Crippen molar-refractivity contribution in [2.45, 2.75) is 12.5 Å². The fraction of sp³-hybridized carbons (Fsp3) is 0.385. The van der Waals surface area contributed by atoms with Crippen molar-refractivity contribution in [1.29, 1.82) is 0 Å². The number of rotatable bonds is 7. The van der Waals surface area contributed by atoms with Crippen LogP contribution in [0.3, 0.4) is 0 Å². The number of hydrogen-bond acceptors (Lipinski definition) is 3. The number of carbonyl (C=O) groups excluding carboxylic acids is 1. The van der Waals surface area contributed by atoms with Gasteiger partial charge in [-0.3, -0.25) is 4.21 Å². The number of hydrogen-bond donors (Lipinski definition) is 3. The average Bonchev–Trinajstić information content (AvgIpc) is 2.38. The summed E-state index contributed by atoms with van der Waals surface area (Å²) in [5.41, 5.74) is 0.829. The Balaban J connectivity index is 2.49. The van der Waals surface area contributed by atoms with Gasteiger partial charge in [-0.2, -0.15) is 0 Å². The van der Waals surface area contributed by atoms with Crippen LogP contribution < -0.4 is 10.6 Å². The molecule has 110 valence electrons. The van der Waals surface area contributed by atoms with E-state index in [1.165, 1.54) is 6.26 Å². The molecule has 0 bridgehead atoms. The van der Waals surface area contributed by atoms with E-state index in [0.717, 1.165) is 5.56 Å². The highest BCUT2D eigenvalue weighted by Gasteiger charge is 2.20. The molecule has 0 saturated heterocycles. The third kappa shape index (κ3) is 6.33. The van der Waals surface area contributed by atoms with Crippen molar-refractivity contribution in [3.8, 4) is 0 Å². The first-order chi connectivity index (χ1) is 9.49. The Hall–Kier alpha value is -1.89. The monoisotopic (exact) mass is 298 g/mol. The normalized spacial score (nSPS) is 13.2. The topological polar surface area (TPSA) is 95.5 Å². The van der Waals surface area contributed by atoms with Crippen LogP contribution in [0.25, 0.3) is 0 Å². The van der Waals surface area contributed by atoms with Crippen LogP contribution in [0.4, 0.5) is 4.79 Å². The van der Waals surface area contributed by atoms with Crippen molar-refractivity contribution in [3.05, 3.63) is 35.9 Å². The van der Waals surface area contributed by atoms with Gasteiger partial charge < -0.3 is 15.7 Å². The van der Waals surface area contributed by atoms with Gasteiger partial charge in [-0.05, 0) is 5.56 Å². The molecule has 1 unspecified atom stereocenters. The lowest BCUT2D eigenvalue weighted by molar-refractivity contribution is -0.139. The lowest BCUT2D eigenvalue weighted by Gasteiger charge is -2.15. The second-order valence-electron chi connectivity index (χ2n) is 4.26. The predicted molar refractivity (Wildman–Crippen MR) is 77.0 cm³/mol. The SMILES string of the molecule is CS(=O)CCNC(=O)N[C@H](Cc1ccccc1)C(=O)O. The van der Waals surface area contributed by atoms with Crippen LogP contribution in [-0.2, 0) is 22.0 Å². The van der Waals surface area contributed by atoms with Gasteiger partial charge in [0.15, 0.2) is 0 Å². The molecule has 0 aliphatic carbocycles. The van der Waals surface area contributed by atoms with Crippen LogP contribution in [0, 0.1) is 0 Å². The fourth-order valence-electron chi connectivity index (χ4n) is 1.57. The molecule has 2 atom stereocenters. The number of aliphatic carboxylic acids is 1. The molecule has 6 nitrogen and oxygen atoms in total. The number of nitrogens with one attached hydrogen (secondary N) is 2. The van der Waals surface area contributed by atoms with Crippen LogP contribution in [0.1, 0.15) is 5.56 Å². The number of carboxylic acids is 1. The highest BCUT2D eigenvalue weighted by atomic mass is 32.2. The Morgan fingerprint density at radius 3 is 2.50 bits per heavy atom. The molecule has 20 heavy (non-hydrogen) atoms. The summed E-state index contributed by atoms with van der Waals surface area (Å²) in [6.45, 7) is 0.243. The largest absolute Gasteiger partial charge is 0.480 e. The van der Waals surface area contributed by atoms with Gasteiger partial charge in [-0.25, -0.2) is 9.59 Å². The molecule has 7 heteroatoms. The zero-order valence-electron chi connectivity index (χ0n) is 11.2. The highest BCUT2D eigenvalue weighted by Crippen LogP contribution is 2.03. The van der Waals surface area contributed by atoms with Gasteiger partial charge in [-0.15, -0.1) is 0 Å². The summed E-state index contributed by atoms with van der Waals surface area (Å²) in [5, 5.41) is 14.0. The molecule has 0 aromatic heterocycles. The number of amides is 2. The molecular weight excluding hydrogens is 280 g/mol. The van der Waals surface area contributed by atoms with Gasteiger partial charge in [0.2, 0.25) is 0 Å². The second kappa shape index (κ2) is 8.31. The Morgan fingerprint density at radius 1 is 1.30 bits per heavy atom. The number of carboxylic acid groups (broad SMARTS) is 1. The number of benzene rings is 1. The minimum atomic E-state index is -1.09. The minimum Gasteiger partial charge on any atom is -0.480 e. The lowest BCUT2D eigenvalue weighted by atomic mass is 10.1. The van der Waals surface area contributed by atoms with E-state index in [9.17, 15) is 13.8 Å². The van der Waals surface area contributed by atoms with E-state index >= 15 is 0 Å². The Bertz CT molecular complexity index is 479. The third-order valence-corrected chi connectivity index (χ3v) is 3.34. The smallest absolute Gasteiger partial charge is 0.326 e. The molecule has 0 aliphatic rings. The summed E-state index contributed by atoms with van der Waals surface area (Å²) in [6, 6.07) is 7.49. The standard InChI is InChI=1S/C13H18N2O4S/c1-20(19)8-7-14-13(18)15-11(12(16)17)9-10-5-3-2-4-6-10/h2-6,11H,7-9H2,1H3,(H,16,17)(H2,14,15,18)/t11-,20?/m1/s1. The van der Waals surface area contributed by atoms with Crippen LogP contribution in [0.5, 0.6) is 0 Å². The average molecular weight is 298 g/mol. The van der Waals surface area contributed by atoms with E-state index in [4.69, 9.17) is 5.11 Å². The molecule has 0 spiro atoms. The molecular formula is C13H18N2O4S. The molecule has 1 aromatic carbocycles. The molecule has 0 aliphatic heterocycles. The molecule has 0 saturated carbocycles.